The van der Waals surface area contributed by atoms with E-state index in [9.17, 15) is 4.79 Å². The third kappa shape index (κ3) is 1.90. The third-order valence-electron chi connectivity index (χ3n) is 7.84. The van der Waals surface area contributed by atoms with Crippen molar-refractivity contribution in [2.75, 3.05) is 0 Å². The summed E-state index contributed by atoms with van der Waals surface area (Å²) in [7, 11) is 0. The molecule has 22 heavy (non-hydrogen) atoms. The maximum absolute atomic E-state index is 12.6. The molecule has 3 saturated carbocycles. The van der Waals surface area contributed by atoms with Gasteiger partial charge in [-0.1, -0.05) is 46.5 Å². The molecule has 3 fully saturated rings. The molecule has 4 rings (SSSR count). The van der Waals surface area contributed by atoms with Crippen LogP contribution in [0.1, 0.15) is 77.5 Å². The maximum atomic E-state index is 12.6. The Bertz CT molecular complexity index is 620. The van der Waals surface area contributed by atoms with Crippen LogP contribution in [0.15, 0.2) is 10.9 Å². The van der Waals surface area contributed by atoms with Crippen LogP contribution >= 0.6 is 0 Å². The number of aromatic amines is 1. The highest BCUT2D eigenvalue weighted by molar-refractivity contribution is 5.13. The largest absolute Gasteiger partial charge is 0.299 e. The highest BCUT2D eigenvalue weighted by Gasteiger charge is 2.62. The van der Waals surface area contributed by atoms with E-state index in [4.69, 9.17) is 0 Å². The molecule has 3 atom stereocenters. The number of fused-ring (bicyclic) bond motifs is 2. The third-order valence-corrected chi connectivity index (χ3v) is 7.84. The highest BCUT2D eigenvalue weighted by Crippen LogP contribution is 2.69. The van der Waals surface area contributed by atoms with Crippen molar-refractivity contribution < 1.29 is 0 Å². The quantitative estimate of drug-likeness (QED) is 0.888. The van der Waals surface area contributed by atoms with Crippen LogP contribution in [0.4, 0.5) is 0 Å². The van der Waals surface area contributed by atoms with E-state index in [0.717, 1.165) is 18.3 Å². The number of hydrogen-bond donors (Lipinski definition) is 1. The Morgan fingerprint density at radius 1 is 1.23 bits per heavy atom. The van der Waals surface area contributed by atoms with Gasteiger partial charge in [-0.2, -0.15) is 0 Å². The summed E-state index contributed by atoms with van der Waals surface area (Å²) in [4.78, 5) is 12.6. The molecule has 1 N–H and O–H groups in total. The van der Waals surface area contributed by atoms with Gasteiger partial charge in [-0.3, -0.25) is 9.89 Å². The molecule has 0 aromatic carbocycles. The van der Waals surface area contributed by atoms with Crippen molar-refractivity contribution in [2.45, 2.75) is 78.2 Å². The fraction of sp³-hybridized carbons (Fsp3) is 0.842. The Labute approximate surface area is 133 Å². The molecule has 3 aliphatic rings. The molecule has 2 bridgehead atoms. The van der Waals surface area contributed by atoms with Gasteiger partial charge in [-0.25, -0.2) is 4.68 Å². The van der Waals surface area contributed by atoms with Gasteiger partial charge in [0.15, 0.2) is 0 Å². The first-order chi connectivity index (χ1) is 10.4. The summed E-state index contributed by atoms with van der Waals surface area (Å²) in [6.07, 6.45) is 10.2. The van der Waals surface area contributed by atoms with Crippen LogP contribution in [-0.2, 0) is 6.42 Å². The normalized spacial score (nSPS) is 37.2. The van der Waals surface area contributed by atoms with Crippen molar-refractivity contribution in [1.29, 1.82) is 0 Å². The minimum Gasteiger partial charge on any atom is -0.299 e. The van der Waals surface area contributed by atoms with Crippen LogP contribution in [-0.4, -0.2) is 9.78 Å². The fourth-order valence-electron chi connectivity index (χ4n) is 5.87. The second kappa shape index (κ2) is 4.75. The standard InChI is InChI=1S/C19H30N2O/c1-18(2)14-8-9-19(18,3)16(11-14)21-17(22)12-15(20-21)10-13-6-4-5-7-13/h12-14,16,20H,4-11H2,1-3H3. The van der Waals surface area contributed by atoms with Crippen molar-refractivity contribution in [2.24, 2.45) is 22.7 Å². The van der Waals surface area contributed by atoms with Crippen LogP contribution in [0, 0.1) is 22.7 Å². The van der Waals surface area contributed by atoms with Gasteiger partial charge in [-0.05, 0) is 48.3 Å². The molecule has 1 aromatic heterocycles. The molecule has 0 radical (unpaired) electrons. The number of hydrogen-bond acceptors (Lipinski definition) is 1. The molecule has 3 aliphatic carbocycles. The molecule has 0 aliphatic heterocycles. The molecule has 1 heterocycles. The Morgan fingerprint density at radius 3 is 2.55 bits per heavy atom. The lowest BCUT2D eigenvalue weighted by Crippen LogP contribution is -2.37. The number of rotatable bonds is 3. The maximum Gasteiger partial charge on any atom is 0.266 e. The molecule has 3 unspecified atom stereocenters. The van der Waals surface area contributed by atoms with Gasteiger partial charge in [0.25, 0.3) is 5.56 Å². The Kier molecular flexibility index (Phi) is 3.15. The number of H-pyrrole nitrogens is 1. The summed E-state index contributed by atoms with van der Waals surface area (Å²) in [6.45, 7) is 7.24. The van der Waals surface area contributed by atoms with Gasteiger partial charge in [0, 0.05) is 11.8 Å². The van der Waals surface area contributed by atoms with Crippen LogP contribution in [0.2, 0.25) is 0 Å². The van der Waals surface area contributed by atoms with E-state index in [1.165, 1.54) is 50.6 Å². The first-order valence-corrected chi connectivity index (χ1v) is 9.22. The van der Waals surface area contributed by atoms with Crippen molar-refractivity contribution in [3.05, 3.63) is 22.1 Å². The predicted molar refractivity (Wildman–Crippen MR) is 89.0 cm³/mol. The lowest BCUT2D eigenvalue weighted by atomic mass is 9.69. The lowest BCUT2D eigenvalue weighted by Gasteiger charge is -2.39. The molecule has 0 saturated heterocycles. The number of aromatic nitrogens is 2. The van der Waals surface area contributed by atoms with E-state index in [1.54, 1.807) is 0 Å². The zero-order valence-electron chi connectivity index (χ0n) is 14.3. The van der Waals surface area contributed by atoms with Gasteiger partial charge in [-0.15, -0.1) is 0 Å². The fourth-order valence-corrected chi connectivity index (χ4v) is 5.87. The number of nitrogens with zero attached hydrogens (tertiary/aromatic N) is 1. The van der Waals surface area contributed by atoms with Gasteiger partial charge in [0.1, 0.15) is 0 Å². The Balaban J connectivity index is 1.61. The summed E-state index contributed by atoms with van der Waals surface area (Å²) in [5.41, 5.74) is 1.98. The van der Waals surface area contributed by atoms with Crippen LogP contribution in [0.5, 0.6) is 0 Å². The smallest absolute Gasteiger partial charge is 0.266 e. The van der Waals surface area contributed by atoms with Crippen LogP contribution in [0.3, 0.4) is 0 Å². The zero-order chi connectivity index (χ0) is 15.5. The second-order valence-electron chi connectivity index (χ2n) is 8.97. The SMILES string of the molecule is CC1(C)C2CCC1(C)C(n1[nH]c(CC3CCCC3)cc1=O)C2. The topological polar surface area (TPSA) is 37.8 Å². The average Bonchev–Trinajstić information content (AvgIpc) is 3.17. The van der Waals surface area contributed by atoms with Crippen molar-refractivity contribution in [3.8, 4) is 0 Å². The lowest BCUT2D eigenvalue weighted by molar-refractivity contribution is 0.0990. The summed E-state index contributed by atoms with van der Waals surface area (Å²) in [5.74, 6) is 1.56. The first kappa shape index (κ1) is 14.6. The van der Waals surface area contributed by atoms with Crippen molar-refractivity contribution in [3.63, 3.8) is 0 Å². The first-order valence-electron chi connectivity index (χ1n) is 9.22. The predicted octanol–water partition coefficient (Wildman–Crippen LogP) is 4.30. The van der Waals surface area contributed by atoms with Crippen molar-refractivity contribution in [1.82, 2.24) is 9.78 Å². The average molecular weight is 302 g/mol. The van der Waals surface area contributed by atoms with Crippen LogP contribution < -0.4 is 5.56 Å². The molecule has 122 valence electrons. The summed E-state index contributed by atoms with van der Waals surface area (Å²) in [6, 6.07) is 2.24. The van der Waals surface area contributed by atoms with E-state index in [0.29, 0.717) is 11.5 Å². The van der Waals surface area contributed by atoms with Gasteiger partial charge >= 0.3 is 0 Å². The number of nitrogens with one attached hydrogen (secondary N) is 1. The highest BCUT2D eigenvalue weighted by atomic mass is 16.1. The van der Waals surface area contributed by atoms with Gasteiger partial charge in [0.2, 0.25) is 0 Å². The van der Waals surface area contributed by atoms with Crippen LogP contribution in [0.25, 0.3) is 0 Å². The summed E-state index contributed by atoms with van der Waals surface area (Å²) < 4.78 is 1.99. The Morgan fingerprint density at radius 2 is 1.95 bits per heavy atom. The van der Waals surface area contributed by atoms with E-state index < -0.39 is 0 Å². The molecule has 3 heteroatoms. The van der Waals surface area contributed by atoms with E-state index >= 15 is 0 Å². The molecule has 0 amide bonds. The second-order valence-corrected chi connectivity index (χ2v) is 8.97. The van der Waals surface area contributed by atoms with Gasteiger partial charge in [0.05, 0.1) is 6.04 Å². The minimum absolute atomic E-state index is 0.197. The zero-order valence-corrected chi connectivity index (χ0v) is 14.3. The molecule has 3 nitrogen and oxygen atoms in total. The molecule has 1 aromatic rings. The monoisotopic (exact) mass is 302 g/mol. The van der Waals surface area contributed by atoms with E-state index in [1.807, 2.05) is 10.7 Å². The summed E-state index contributed by atoms with van der Waals surface area (Å²) >= 11 is 0. The molecule has 0 spiro atoms. The van der Waals surface area contributed by atoms with Gasteiger partial charge < -0.3 is 0 Å². The molecular formula is C19H30N2O. The van der Waals surface area contributed by atoms with E-state index in [-0.39, 0.29) is 11.0 Å². The molecular weight excluding hydrogens is 272 g/mol. The van der Waals surface area contributed by atoms with E-state index in [2.05, 4.69) is 25.9 Å². The summed E-state index contributed by atoms with van der Waals surface area (Å²) in [5, 5.41) is 3.50. The Hall–Kier alpha value is -0.990. The van der Waals surface area contributed by atoms with Crippen molar-refractivity contribution >= 4 is 0 Å². The minimum atomic E-state index is 0.197.